The Bertz CT molecular complexity index is 798. The number of rotatable bonds is 7. The Balaban J connectivity index is 0.00000392. The molecule has 0 bridgehead atoms. The van der Waals surface area contributed by atoms with Crippen molar-refractivity contribution in [1.29, 1.82) is 0 Å². The molecule has 7 heteroatoms. The summed E-state index contributed by atoms with van der Waals surface area (Å²) in [5.74, 6) is 0.568. The van der Waals surface area contributed by atoms with Crippen LogP contribution >= 0.6 is 24.0 Å². The van der Waals surface area contributed by atoms with Crippen molar-refractivity contribution in [3.05, 3.63) is 52.6 Å². The van der Waals surface area contributed by atoms with Gasteiger partial charge in [0.25, 0.3) is 0 Å². The molecule has 5 nitrogen and oxygen atoms in total. The van der Waals surface area contributed by atoms with Gasteiger partial charge in [0.1, 0.15) is 5.82 Å². The number of guanidine groups is 1. The van der Waals surface area contributed by atoms with Gasteiger partial charge in [0.2, 0.25) is 0 Å². The van der Waals surface area contributed by atoms with Crippen molar-refractivity contribution in [2.45, 2.75) is 46.5 Å². The van der Waals surface area contributed by atoms with Gasteiger partial charge in [-0.25, -0.2) is 4.39 Å². The van der Waals surface area contributed by atoms with E-state index < -0.39 is 0 Å². The Morgan fingerprint density at radius 2 is 1.96 bits per heavy atom. The second-order valence-corrected chi connectivity index (χ2v) is 7.54. The molecule has 0 radical (unpaired) electrons. The summed E-state index contributed by atoms with van der Waals surface area (Å²) in [6.45, 7) is 12.5. The summed E-state index contributed by atoms with van der Waals surface area (Å²) in [6, 6.07) is 6.76. The molecule has 0 aliphatic carbocycles. The maximum atomic E-state index is 13.5. The number of aryl methyl sites for hydroxylation is 2. The van der Waals surface area contributed by atoms with E-state index in [9.17, 15) is 4.39 Å². The monoisotopic (exact) mass is 501 g/mol. The largest absolute Gasteiger partial charge is 0.357 e. The van der Waals surface area contributed by atoms with Gasteiger partial charge in [0.15, 0.2) is 5.96 Å². The number of hydrogen-bond acceptors (Lipinski definition) is 2. The van der Waals surface area contributed by atoms with Gasteiger partial charge in [0, 0.05) is 31.2 Å². The van der Waals surface area contributed by atoms with Crippen molar-refractivity contribution in [2.75, 3.05) is 19.6 Å². The molecule has 0 amide bonds. The fourth-order valence-corrected chi connectivity index (χ4v) is 3.10. The summed E-state index contributed by atoms with van der Waals surface area (Å²) in [6.07, 6.45) is 0.892. The maximum absolute atomic E-state index is 13.5. The Hall–Kier alpha value is -1.64. The van der Waals surface area contributed by atoms with Crippen LogP contribution in [0.2, 0.25) is 0 Å². The van der Waals surface area contributed by atoms with Crippen LogP contribution in [0.15, 0.2) is 29.3 Å². The maximum Gasteiger partial charge on any atom is 0.191 e. The predicted molar refractivity (Wildman–Crippen MR) is 125 cm³/mol. The smallest absolute Gasteiger partial charge is 0.191 e. The molecule has 0 aliphatic heterocycles. The molecule has 0 unspecified atom stereocenters. The number of halogens is 2. The van der Waals surface area contributed by atoms with Gasteiger partial charge in [-0.3, -0.25) is 9.67 Å². The molecular formula is C21H33FIN5. The lowest BCUT2D eigenvalue weighted by Crippen LogP contribution is -2.39. The van der Waals surface area contributed by atoms with E-state index in [0.29, 0.717) is 6.54 Å². The topological polar surface area (TPSA) is 54.2 Å². The Morgan fingerprint density at radius 3 is 2.54 bits per heavy atom. The van der Waals surface area contributed by atoms with Gasteiger partial charge in [-0.05, 0) is 50.5 Å². The summed E-state index contributed by atoms with van der Waals surface area (Å²) < 4.78 is 15.5. The SMILES string of the molecule is CCNC(=NCC(C)(C)c1cccc(F)c1)NCCc1c(C)nn(C)c1C.I. The minimum Gasteiger partial charge on any atom is -0.357 e. The quantitative estimate of drug-likeness (QED) is 0.344. The molecule has 0 spiro atoms. The van der Waals surface area contributed by atoms with E-state index in [-0.39, 0.29) is 35.2 Å². The highest BCUT2D eigenvalue weighted by atomic mass is 127. The molecular weight excluding hydrogens is 468 g/mol. The van der Waals surface area contributed by atoms with Gasteiger partial charge in [-0.1, -0.05) is 26.0 Å². The van der Waals surface area contributed by atoms with E-state index in [0.717, 1.165) is 36.7 Å². The molecule has 0 atom stereocenters. The third kappa shape index (κ3) is 6.46. The second-order valence-electron chi connectivity index (χ2n) is 7.54. The number of aromatic nitrogens is 2. The van der Waals surface area contributed by atoms with Crippen molar-refractivity contribution >= 4 is 29.9 Å². The molecule has 156 valence electrons. The van der Waals surface area contributed by atoms with E-state index >= 15 is 0 Å². The minimum absolute atomic E-state index is 0. The molecule has 1 aromatic heterocycles. The number of benzene rings is 1. The normalized spacial score (nSPS) is 11.9. The first-order chi connectivity index (χ1) is 12.7. The second kappa shape index (κ2) is 10.8. The van der Waals surface area contributed by atoms with E-state index in [1.807, 2.05) is 31.6 Å². The lowest BCUT2D eigenvalue weighted by atomic mass is 9.85. The average Bonchev–Trinajstić information content (AvgIpc) is 2.85. The van der Waals surface area contributed by atoms with Gasteiger partial charge in [0.05, 0.1) is 12.2 Å². The number of aliphatic imine (C=N–C) groups is 1. The molecule has 2 rings (SSSR count). The lowest BCUT2D eigenvalue weighted by molar-refractivity contribution is 0.529. The third-order valence-corrected chi connectivity index (χ3v) is 4.91. The van der Waals surface area contributed by atoms with E-state index in [2.05, 4.69) is 36.5 Å². The van der Waals surface area contributed by atoms with E-state index in [1.54, 1.807) is 12.1 Å². The summed E-state index contributed by atoms with van der Waals surface area (Å²) >= 11 is 0. The van der Waals surface area contributed by atoms with Crippen LogP contribution in [0.3, 0.4) is 0 Å². The van der Waals surface area contributed by atoms with Gasteiger partial charge < -0.3 is 10.6 Å². The average molecular weight is 501 g/mol. The molecule has 2 N–H and O–H groups in total. The zero-order valence-electron chi connectivity index (χ0n) is 17.8. The van der Waals surface area contributed by atoms with Crippen LogP contribution in [-0.4, -0.2) is 35.4 Å². The fourth-order valence-electron chi connectivity index (χ4n) is 3.10. The molecule has 1 aromatic carbocycles. The van der Waals surface area contributed by atoms with Crippen molar-refractivity contribution in [2.24, 2.45) is 12.0 Å². The predicted octanol–water partition coefficient (Wildman–Crippen LogP) is 3.87. The highest BCUT2D eigenvalue weighted by molar-refractivity contribution is 14.0. The summed E-state index contributed by atoms with van der Waals surface area (Å²) in [4.78, 5) is 4.72. The first-order valence-corrected chi connectivity index (χ1v) is 9.52. The van der Waals surface area contributed by atoms with Gasteiger partial charge >= 0.3 is 0 Å². The number of nitrogens with one attached hydrogen (secondary N) is 2. The van der Waals surface area contributed by atoms with E-state index in [1.165, 1.54) is 17.3 Å². The molecule has 0 saturated heterocycles. The highest BCUT2D eigenvalue weighted by Gasteiger charge is 2.21. The molecule has 2 aromatic rings. The van der Waals surface area contributed by atoms with Gasteiger partial charge in [-0.15, -0.1) is 24.0 Å². The van der Waals surface area contributed by atoms with Crippen LogP contribution in [0, 0.1) is 19.7 Å². The van der Waals surface area contributed by atoms with Crippen LogP contribution in [0.1, 0.15) is 43.3 Å². The van der Waals surface area contributed by atoms with Crippen LogP contribution in [0.25, 0.3) is 0 Å². The Kier molecular flexibility index (Phi) is 9.39. The number of nitrogens with zero attached hydrogens (tertiary/aromatic N) is 3. The molecule has 1 heterocycles. The lowest BCUT2D eigenvalue weighted by Gasteiger charge is -2.24. The standard InChI is InChI=1S/C21H32FN5.HI/c1-7-23-20(24-12-11-19-15(2)26-27(6)16(19)3)25-14-21(4,5)17-9-8-10-18(22)13-17;/h8-10,13H,7,11-12,14H2,1-6H3,(H2,23,24,25);1H. The Morgan fingerprint density at radius 1 is 1.25 bits per heavy atom. The van der Waals surface area contributed by atoms with Crippen LogP contribution in [-0.2, 0) is 18.9 Å². The summed E-state index contributed by atoms with van der Waals surface area (Å²) in [7, 11) is 1.97. The van der Waals surface area contributed by atoms with Crippen LogP contribution in [0.4, 0.5) is 4.39 Å². The summed E-state index contributed by atoms with van der Waals surface area (Å²) in [5, 5.41) is 11.1. The zero-order chi connectivity index (χ0) is 20.0. The molecule has 0 fully saturated rings. The third-order valence-electron chi connectivity index (χ3n) is 4.91. The van der Waals surface area contributed by atoms with Crippen molar-refractivity contribution < 1.29 is 4.39 Å². The highest BCUT2D eigenvalue weighted by Crippen LogP contribution is 2.24. The van der Waals surface area contributed by atoms with Crippen molar-refractivity contribution in [1.82, 2.24) is 20.4 Å². The van der Waals surface area contributed by atoms with Crippen LogP contribution in [0.5, 0.6) is 0 Å². The first-order valence-electron chi connectivity index (χ1n) is 9.52. The van der Waals surface area contributed by atoms with Crippen LogP contribution < -0.4 is 10.6 Å². The molecule has 28 heavy (non-hydrogen) atoms. The molecule has 0 aliphatic rings. The summed E-state index contributed by atoms with van der Waals surface area (Å²) in [5.41, 5.74) is 4.25. The first kappa shape index (κ1) is 24.4. The van der Waals surface area contributed by atoms with Crippen molar-refractivity contribution in [3.8, 4) is 0 Å². The van der Waals surface area contributed by atoms with Gasteiger partial charge in [-0.2, -0.15) is 5.10 Å². The fraction of sp³-hybridized carbons (Fsp3) is 0.524. The minimum atomic E-state index is -0.249. The number of hydrogen-bond donors (Lipinski definition) is 2. The Labute approximate surface area is 185 Å². The van der Waals surface area contributed by atoms with E-state index in [4.69, 9.17) is 4.99 Å². The van der Waals surface area contributed by atoms with Crippen molar-refractivity contribution in [3.63, 3.8) is 0 Å². The molecule has 0 saturated carbocycles. The zero-order valence-corrected chi connectivity index (χ0v) is 20.1.